The van der Waals surface area contributed by atoms with E-state index in [2.05, 4.69) is 51.7 Å². The minimum absolute atomic E-state index is 0.689. The van der Waals surface area contributed by atoms with E-state index in [1.165, 1.54) is 5.56 Å². The Balaban J connectivity index is 1.89. The van der Waals surface area contributed by atoms with Gasteiger partial charge in [0.15, 0.2) is 0 Å². The van der Waals surface area contributed by atoms with Crippen molar-refractivity contribution in [3.8, 4) is 0 Å². The number of aryl methyl sites for hydroxylation is 1. The van der Waals surface area contributed by atoms with Crippen LogP contribution in [-0.4, -0.2) is 42.1 Å². The molecule has 0 aliphatic carbocycles. The molecule has 0 saturated carbocycles. The van der Waals surface area contributed by atoms with Crippen molar-refractivity contribution >= 4 is 11.8 Å². The molecular formula is C17H25N5. The Hall–Kier alpha value is -2.14. The van der Waals surface area contributed by atoms with Crippen molar-refractivity contribution < 1.29 is 0 Å². The number of rotatable bonds is 8. The summed E-state index contributed by atoms with van der Waals surface area (Å²) in [5.41, 5.74) is 2.19. The summed E-state index contributed by atoms with van der Waals surface area (Å²) in [5.74, 6) is 1.54. The molecule has 118 valence electrons. The lowest BCUT2D eigenvalue weighted by Crippen LogP contribution is -2.17. The van der Waals surface area contributed by atoms with E-state index in [0.717, 1.165) is 37.6 Å². The molecule has 1 heterocycles. The van der Waals surface area contributed by atoms with E-state index in [-0.39, 0.29) is 0 Å². The standard InChI is InChI=1S/C17H25N5/c1-14-12-16(19-13-15-8-5-4-6-9-15)21-17(20-14)18-10-7-11-22(2)3/h4-6,8-9,12H,7,10-11,13H2,1-3H3,(H2,18,19,20,21). The summed E-state index contributed by atoms with van der Waals surface area (Å²) in [6.45, 7) is 4.68. The smallest absolute Gasteiger partial charge is 0.224 e. The number of anilines is 2. The molecule has 0 aliphatic heterocycles. The van der Waals surface area contributed by atoms with Crippen LogP contribution in [0.4, 0.5) is 11.8 Å². The molecule has 0 atom stereocenters. The van der Waals surface area contributed by atoms with Gasteiger partial charge in [-0.2, -0.15) is 4.98 Å². The summed E-state index contributed by atoms with van der Waals surface area (Å²) in [7, 11) is 4.16. The van der Waals surface area contributed by atoms with Crippen molar-refractivity contribution in [1.29, 1.82) is 0 Å². The van der Waals surface area contributed by atoms with Gasteiger partial charge in [-0.05, 0) is 39.5 Å². The van der Waals surface area contributed by atoms with E-state index in [4.69, 9.17) is 0 Å². The van der Waals surface area contributed by atoms with E-state index in [9.17, 15) is 0 Å². The highest BCUT2D eigenvalue weighted by molar-refractivity contribution is 5.42. The Labute approximate surface area is 132 Å². The topological polar surface area (TPSA) is 53.1 Å². The molecule has 0 unspecified atom stereocenters. The summed E-state index contributed by atoms with van der Waals surface area (Å²) in [4.78, 5) is 11.1. The minimum Gasteiger partial charge on any atom is -0.366 e. The molecule has 1 aromatic heterocycles. The molecule has 22 heavy (non-hydrogen) atoms. The minimum atomic E-state index is 0.689. The van der Waals surface area contributed by atoms with E-state index < -0.39 is 0 Å². The zero-order valence-corrected chi connectivity index (χ0v) is 13.6. The average molecular weight is 299 g/mol. The van der Waals surface area contributed by atoms with Crippen molar-refractivity contribution in [3.05, 3.63) is 47.7 Å². The first kappa shape index (κ1) is 16.2. The van der Waals surface area contributed by atoms with Crippen LogP contribution in [0.1, 0.15) is 17.7 Å². The SMILES string of the molecule is Cc1cc(NCc2ccccc2)nc(NCCCN(C)C)n1. The number of nitrogens with one attached hydrogen (secondary N) is 2. The summed E-state index contributed by atoms with van der Waals surface area (Å²) in [6.07, 6.45) is 1.07. The lowest BCUT2D eigenvalue weighted by atomic mass is 10.2. The predicted molar refractivity (Wildman–Crippen MR) is 92.2 cm³/mol. The van der Waals surface area contributed by atoms with Gasteiger partial charge >= 0.3 is 0 Å². The average Bonchev–Trinajstić information content (AvgIpc) is 2.50. The Morgan fingerprint density at radius 3 is 2.55 bits per heavy atom. The van der Waals surface area contributed by atoms with Crippen LogP contribution in [0.15, 0.2) is 36.4 Å². The largest absolute Gasteiger partial charge is 0.366 e. The molecule has 1 aromatic carbocycles. The maximum atomic E-state index is 4.52. The van der Waals surface area contributed by atoms with Crippen molar-refractivity contribution in [2.24, 2.45) is 0 Å². The Kier molecular flexibility index (Phi) is 6.15. The molecule has 5 heteroatoms. The normalized spacial score (nSPS) is 10.7. The zero-order chi connectivity index (χ0) is 15.8. The van der Waals surface area contributed by atoms with E-state index in [1.54, 1.807) is 0 Å². The van der Waals surface area contributed by atoms with Gasteiger partial charge in [-0.1, -0.05) is 30.3 Å². The summed E-state index contributed by atoms with van der Waals surface area (Å²) in [5, 5.41) is 6.64. The van der Waals surface area contributed by atoms with E-state index >= 15 is 0 Å². The van der Waals surface area contributed by atoms with Gasteiger partial charge in [-0.15, -0.1) is 0 Å². The number of hydrogen-bond donors (Lipinski definition) is 2. The molecular weight excluding hydrogens is 274 g/mol. The summed E-state index contributed by atoms with van der Waals surface area (Å²) < 4.78 is 0. The second-order valence-electron chi connectivity index (χ2n) is 5.64. The molecule has 0 aliphatic rings. The predicted octanol–water partition coefficient (Wildman–Crippen LogP) is 2.76. The molecule has 2 rings (SSSR count). The maximum absolute atomic E-state index is 4.52. The van der Waals surface area contributed by atoms with Gasteiger partial charge < -0.3 is 15.5 Å². The molecule has 0 saturated heterocycles. The molecule has 2 N–H and O–H groups in total. The summed E-state index contributed by atoms with van der Waals surface area (Å²) >= 11 is 0. The van der Waals surface area contributed by atoms with E-state index in [1.807, 2.05) is 31.2 Å². The number of aromatic nitrogens is 2. The summed E-state index contributed by atoms with van der Waals surface area (Å²) in [6, 6.07) is 12.3. The fourth-order valence-corrected chi connectivity index (χ4v) is 2.12. The molecule has 0 bridgehead atoms. The van der Waals surface area contributed by atoms with Crippen molar-refractivity contribution in [1.82, 2.24) is 14.9 Å². The fourth-order valence-electron chi connectivity index (χ4n) is 2.12. The fraction of sp³-hybridized carbons (Fsp3) is 0.412. The first-order valence-electron chi connectivity index (χ1n) is 7.65. The quantitative estimate of drug-likeness (QED) is 0.734. The van der Waals surface area contributed by atoms with Crippen LogP contribution in [0.3, 0.4) is 0 Å². The van der Waals surface area contributed by atoms with Crippen LogP contribution in [-0.2, 0) is 6.54 Å². The van der Waals surface area contributed by atoms with Crippen LogP contribution in [0, 0.1) is 6.92 Å². The van der Waals surface area contributed by atoms with Gasteiger partial charge in [-0.3, -0.25) is 0 Å². The lowest BCUT2D eigenvalue weighted by Gasteiger charge is -2.11. The molecule has 0 radical (unpaired) electrons. The number of nitrogens with zero attached hydrogens (tertiary/aromatic N) is 3. The molecule has 0 fully saturated rings. The van der Waals surface area contributed by atoms with Crippen LogP contribution >= 0.6 is 0 Å². The Bertz CT molecular complexity index is 569. The third-order valence-electron chi connectivity index (χ3n) is 3.24. The van der Waals surface area contributed by atoms with Gasteiger partial charge in [0, 0.05) is 24.8 Å². The van der Waals surface area contributed by atoms with Gasteiger partial charge in [0.2, 0.25) is 5.95 Å². The van der Waals surface area contributed by atoms with Gasteiger partial charge in [0.05, 0.1) is 0 Å². The molecule has 0 amide bonds. The number of hydrogen-bond acceptors (Lipinski definition) is 5. The second-order valence-corrected chi connectivity index (χ2v) is 5.64. The first-order valence-corrected chi connectivity index (χ1v) is 7.65. The molecule has 2 aromatic rings. The van der Waals surface area contributed by atoms with Gasteiger partial charge in [0.1, 0.15) is 5.82 Å². The Morgan fingerprint density at radius 2 is 1.82 bits per heavy atom. The maximum Gasteiger partial charge on any atom is 0.224 e. The van der Waals surface area contributed by atoms with Crippen LogP contribution in [0.5, 0.6) is 0 Å². The zero-order valence-electron chi connectivity index (χ0n) is 13.6. The van der Waals surface area contributed by atoms with Crippen LogP contribution in [0.2, 0.25) is 0 Å². The lowest BCUT2D eigenvalue weighted by molar-refractivity contribution is 0.405. The van der Waals surface area contributed by atoms with Gasteiger partial charge in [0.25, 0.3) is 0 Å². The van der Waals surface area contributed by atoms with Crippen LogP contribution in [0.25, 0.3) is 0 Å². The highest BCUT2D eigenvalue weighted by Gasteiger charge is 2.02. The third kappa shape index (κ3) is 5.69. The van der Waals surface area contributed by atoms with Crippen molar-refractivity contribution in [2.45, 2.75) is 19.9 Å². The first-order chi connectivity index (χ1) is 10.6. The second kappa shape index (κ2) is 8.34. The highest BCUT2D eigenvalue weighted by atomic mass is 15.1. The van der Waals surface area contributed by atoms with E-state index in [0.29, 0.717) is 5.95 Å². The highest BCUT2D eigenvalue weighted by Crippen LogP contribution is 2.11. The molecule has 0 spiro atoms. The van der Waals surface area contributed by atoms with Gasteiger partial charge in [-0.25, -0.2) is 4.98 Å². The number of benzene rings is 1. The third-order valence-corrected chi connectivity index (χ3v) is 3.24. The monoisotopic (exact) mass is 299 g/mol. The van der Waals surface area contributed by atoms with Crippen molar-refractivity contribution in [3.63, 3.8) is 0 Å². The Morgan fingerprint density at radius 1 is 1.05 bits per heavy atom. The molecule has 5 nitrogen and oxygen atoms in total. The van der Waals surface area contributed by atoms with Crippen LogP contribution < -0.4 is 10.6 Å². The van der Waals surface area contributed by atoms with Crippen molar-refractivity contribution in [2.75, 3.05) is 37.8 Å².